The molecule has 0 spiro atoms. The molecule has 4 heteroatoms. The van der Waals surface area contributed by atoms with Gasteiger partial charge in [-0.2, -0.15) is 0 Å². The Hall–Kier alpha value is -1.39. The fraction of sp³-hybridized carbons (Fsp3) is 0.562. The van der Waals surface area contributed by atoms with E-state index in [-0.39, 0.29) is 25.1 Å². The van der Waals surface area contributed by atoms with Crippen LogP contribution in [0.1, 0.15) is 44.2 Å². The normalized spacial score (nSPS) is 12.5. The van der Waals surface area contributed by atoms with Crippen molar-refractivity contribution in [3.05, 3.63) is 29.3 Å². The molecule has 3 N–H and O–H groups in total. The highest BCUT2D eigenvalue weighted by molar-refractivity contribution is 5.93. The van der Waals surface area contributed by atoms with E-state index >= 15 is 0 Å². The van der Waals surface area contributed by atoms with E-state index in [9.17, 15) is 4.79 Å². The summed E-state index contributed by atoms with van der Waals surface area (Å²) in [5, 5.41) is 15.1. The van der Waals surface area contributed by atoms with Crippen LogP contribution < -0.4 is 10.6 Å². The zero-order valence-electron chi connectivity index (χ0n) is 12.9. The Bertz CT molecular complexity index is 440. The molecule has 0 aliphatic carbocycles. The third kappa shape index (κ3) is 4.62. The van der Waals surface area contributed by atoms with Crippen LogP contribution in [0.5, 0.6) is 0 Å². The molecule has 0 aromatic heterocycles. The van der Waals surface area contributed by atoms with Gasteiger partial charge in [0.15, 0.2) is 0 Å². The van der Waals surface area contributed by atoms with Crippen LogP contribution in [0, 0.1) is 6.92 Å². The number of amides is 1. The standard InChI is InChI=1S/C16H26N2O2/c1-5-13(10-19)17-9-15(20)18-16-12(4)7-6-8-14(16)11(2)3/h6-8,11,13,17,19H,5,9-10H2,1-4H3,(H,18,20)/t13-/m1/s1. The molecule has 0 aliphatic rings. The summed E-state index contributed by atoms with van der Waals surface area (Å²) in [6.45, 7) is 8.46. The number of hydrogen-bond acceptors (Lipinski definition) is 3. The van der Waals surface area contributed by atoms with E-state index in [1.54, 1.807) is 0 Å². The molecule has 1 aromatic rings. The number of rotatable bonds is 7. The number of aliphatic hydroxyl groups is 1. The Labute approximate surface area is 121 Å². The summed E-state index contributed by atoms with van der Waals surface area (Å²) in [4.78, 5) is 12.0. The van der Waals surface area contributed by atoms with Crippen LogP contribution in [0.4, 0.5) is 5.69 Å². The van der Waals surface area contributed by atoms with Gasteiger partial charge in [-0.15, -0.1) is 0 Å². The van der Waals surface area contributed by atoms with E-state index in [0.717, 1.165) is 23.2 Å². The van der Waals surface area contributed by atoms with Crippen LogP contribution in [0.15, 0.2) is 18.2 Å². The van der Waals surface area contributed by atoms with Crippen molar-refractivity contribution >= 4 is 11.6 Å². The molecule has 1 amide bonds. The van der Waals surface area contributed by atoms with Crippen LogP contribution in [0.25, 0.3) is 0 Å². The van der Waals surface area contributed by atoms with Crippen LogP contribution >= 0.6 is 0 Å². The lowest BCUT2D eigenvalue weighted by Crippen LogP contribution is -2.38. The van der Waals surface area contributed by atoms with E-state index in [4.69, 9.17) is 5.11 Å². The van der Waals surface area contributed by atoms with Crippen molar-refractivity contribution < 1.29 is 9.90 Å². The van der Waals surface area contributed by atoms with Crippen LogP contribution in [0.2, 0.25) is 0 Å². The van der Waals surface area contributed by atoms with Gasteiger partial charge in [0.2, 0.25) is 5.91 Å². The second-order valence-corrected chi connectivity index (χ2v) is 5.41. The zero-order valence-corrected chi connectivity index (χ0v) is 12.9. The van der Waals surface area contributed by atoms with Gasteiger partial charge in [-0.05, 0) is 30.4 Å². The monoisotopic (exact) mass is 278 g/mol. The molecule has 4 nitrogen and oxygen atoms in total. The molecule has 0 bridgehead atoms. The topological polar surface area (TPSA) is 61.4 Å². The smallest absolute Gasteiger partial charge is 0.238 e. The maximum Gasteiger partial charge on any atom is 0.238 e. The molecule has 112 valence electrons. The molecule has 0 saturated carbocycles. The number of nitrogens with one attached hydrogen (secondary N) is 2. The lowest BCUT2D eigenvalue weighted by Gasteiger charge is -2.18. The van der Waals surface area contributed by atoms with Gasteiger partial charge >= 0.3 is 0 Å². The summed E-state index contributed by atoms with van der Waals surface area (Å²) in [7, 11) is 0. The Morgan fingerprint density at radius 2 is 2.05 bits per heavy atom. The van der Waals surface area contributed by atoms with Gasteiger partial charge in [0, 0.05) is 11.7 Å². The minimum atomic E-state index is -0.0758. The number of benzene rings is 1. The van der Waals surface area contributed by atoms with Gasteiger partial charge in [0.25, 0.3) is 0 Å². The summed E-state index contributed by atoms with van der Waals surface area (Å²) in [6.07, 6.45) is 0.797. The predicted octanol–water partition coefficient (Wildman–Crippen LogP) is 2.42. The first kappa shape index (κ1) is 16.7. The molecule has 0 fully saturated rings. The predicted molar refractivity (Wildman–Crippen MR) is 83.1 cm³/mol. The Kier molecular flexibility index (Phi) is 6.68. The molecule has 0 unspecified atom stereocenters. The Morgan fingerprint density at radius 3 is 2.60 bits per heavy atom. The van der Waals surface area contributed by atoms with Gasteiger partial charge < -0.3 is 15.7 Å². The van der Waals surface area contributed by atoms with Crippen molar-refractivity contribution in [1.29, 1.82) is 0 Å². The highest BCUT2D eigenvalue weighted by Crippen LogP contribution is 2.27. The number of aliphatic hydroxyl groups excluding tert-OH is 1. The van der Waals surface area contributed by atoms with Crippen LogP contribution in [-0.2, 0) is 4.79 Å². The number of hydrogen-bond donors (Lipinski definition) is 3. The lowest BCUT2D eigenvalue weighted by atomic mass is 9.98. The molecule has 0 aliphatic heterocycles. The molecule has 1 aromatic carbocycles. The molecule has 0 radical (unpaired) electrons. The van der Waals surface area contributed by atoms with Crippen molar-refractivity contribution in [2.45, 2.75) is 46.1 Å². The maximum atomic E-state index is 12.0. The zero-order chi connectivity index (χ0) is 15.1. The average Bonchev–Trinajstić information content (AvgIpc) is 2.42. The summed E-state index contributed by atoms with van der Waals surface area (Å²) in [5.41, 5.74) is 3.12. The Morgan fingerprint density at radius 1 is 1.35 bits per heavy atom. The van der Waals surface area contributed by atoms with Crippen molar-refractivity contribution in [2.24, 2.45) is 0 Å². The third-order valence-electron chi connectivity index (χ3n) is 3.46. The SMILES string of the molecule is CC[C@H](CO)NCC(=O)Nc1c(C)cccc1C(C)C. The number of aryl methyl sites for hydroxylation is 1. The van der Waals surface area contributed by atoms with Gasteiger partial charge in [-0.3, -0.25) is 4.79 Å². The van der Waals surface area contributed by atoms with Crippen LogP contribution in [0.3, 0.4) is 0 Å². The van der Waals surface area contributed by atoms with Crippen LogP contribution in [-0.4, -0.2) is 30.2 Å². The summed E-state index contributed by atoms with van der Waals surface area (Å²) < 4.78 is 0. The fourth-order valence-electron chi connectivity index (χ4n) is 2.10. The molecular weight excluding hydrogens is 252 g/mol. The molecular formula is C16H26N2O2. The van der Waals surface area contributed by atoms with Crippen molar-refractivity contribution in [3.63, 3.8) is 0 Å². The third-order valence-corrected chi connectivity index (χ3v) is 3.46. The van der Waals surface area contributed by atoms with Gasteiger partial charge in [0.1, 0.15) is 0 Å². The second kappa shape index (κ2) is 8.02. The molecule has 1 rings (SSSR count). The second-order valence-electron chi connectivity index (χ2n) is 5.41. The number of anilines is 1. The first-order valence-corrected chi connectivity index (χ1v) is 7.23. The summed E-state index contributed by atoms with van der Waals surface area (Å²) in [5.74, 6) is 0.284. The minimum absolute atomic E-state index is 0.0258. The summed E-state index contributed by atoms with van der Waals surface area (Å²) >= 11 is 0. The molecule has 0 saturated heterocycles. The largest absolute Gasteiger partial charge is 0.395 e. The number of para-hydroxylation sites is 1. The summed E-state index contributed by atoms with van der Waals surface area (Å²) in [6, 6.07) is 6.03. The molecule has 1 atom stereocenters. The van der Waals surface area contributed by atoms with E-state index in [1.807, 2.05) is 32.0 Å². The highest BCUT2D eigenvalue weighted by Gasteiger charge is 2.13. The fourth-order valence-corrected chi connectivity index (χ4v) is 2.10. The molecule has 0 heterocycles. The first-order valence-electron chi connectivity index (χ1n) is 7.23. The van der Waals surface area contributed by atoms with E-state index in [2.05, 4.69) is 24.5 Å². The Balaban J connectivity index is 2.71. The lowest BCUT2D eigenvalue weighted by molar-refractivity contribution is -0.115. The molecule has 20 heavy (non-hydrogen) atoms. The van der Waals surface area contributed by atoms with Crippen molar-refractivity contribution in [3.8, 4) is 0 Å². The average molecular weight is 278 g/mol. The minimum Gasteiger partial charge on any atom is -0.395 e. The van der Waals surface area contributed by atoms with E-state index in [0.29, 0.717) is 5.92 Å². The quantitative estimate of drug-likeness (QED) is 0.718. The number of carbonyl (C=O) groups excluding carboxylic acids is 1. The highest BCUT2D eigenvalue weighted by atomic mass is 16.3. The maximum absolute atomic E-state index is 12.0. The number of carbonyl (C=O) groups is 1. The van der Waals surface area contributed by atoms with Gasteiger partial charge in [-0.1, -0.05) is 39.0 Å². The van der Waals surface area contributed by atoms with Crippen molar-refractivity contribution in [2.75, 3.05) is 18.5 Å². The van der Waals surface area contributed by atoms with Crippen molar-refractivity contribution in [1.82, 2.24) is 5.32 Å². The van der Waals surface area contributed by atoms with Gasteiger partial charge in [-0.25, -0.2) is 0 Å². The van der Waals surface area contributed by atoms with E-state index < -0.39 is 0 Å². The van der Waals surface area contributed by atoms with Gasteiger partial charge in [0.05, 0.1) is 13.2 Å². The van der Waals surface area contributed by atoms with E-state index in [1.165, 1.54) is 0 Å². The first-order chi connectivity index (χ1) is 9.49.